The van der Waals surface area contributed by atoms with E-state index in [9.17, 15) is 57.9 Å². The fourth-order valence-corrected chi connectivity index (χ4v) is 9.02. The van der Waals surface area contributed by atoms with Gasteiger partial charge < -0.3 is 9.13 Å². The molecule has 0 amide bonds. The molecule has 0 aliphatic rings. The normalized spacial score (nSPS) is 12.7. The molecule has 0 radical (unpaired) electrons. The third-order valence-corrected chi connectivity index (χ3v) is 12.0. The Morgan fingerprint density at radius 2 is 0.853 bits per heavy atom. The molecule has 68 heavy (non-hydrogen) atoms. The summed E-state index contributed by atoms with van der Waals surface area (Å²) in [6.45, 7) is 0. The molecule has 3 aromatic heterocycles. The Morgan fingerprint density at radius 3 is 1.31 bits per heavy atom. The molecule has 10 aromatic rings. The molecule has 7 aromatic carbocycles. The molecule has 16 heteroatoms. The van der Waals surface area contributed by atoms with E-state index in [1.165, 1.54) is 30.5 Å². The van der Waals surface area contributed by atoms with Crippen molar-refractivity contribution in [1.29, 1.82) is 5.26 Å². The molecule has 4 nitrogen and oxygen atoms in total. The molecule has 0 aliphatic heterocycles. The Hall–Kier alpha value is -8.06. The van der Waals surface area contributed by atoms with Crippen LogP contribution in [0.1, 0.15) is 27.8 Å². The molecule has 0 atom stereocenters. The second-order valence-electron chi connectivity index (χ2n) is 15.9. The van der Waals surface area contributed by atoms with E-state index in [0.717, 1.165) is 12.1 Å². The first-order valence-corrected chi connectivity index (χ1v) is 20.4. The predicted octanol–water partition coefficient (Wildman–Crippen LogP) is 16.2. The lowest BCUT2D eigenvalue weighted by Gasteiger charge is -2.19. The molecular weight excluding hydrogens is 909 g/mol. The maximum absolute atomic E-state index is 14.4. The van der Waals surface area contributed by atoms with Gasteiger partial charge in [-0.1, -0.05) is 60.7 Å². The molecule has 0 spiro atoms. The van der Waals surface area contributed by atoms with Gasteiger partial charge >= 0.3 is 24.7 Å². The SMILES string of the molecule is N#Cc1ccc(-n2c3ccccc3c3cc(-c4ccc(C(F)(F)F)cc4C(F)(F)F)ccc32)c(-c2cnccc2-n2c3ccccc3c3cc(-c4ccc(C(F)(F)F)cc4C(F)(F)F)ccc32)c1. The number of nitrogens with zero attached hydrogens (tertiary/aromatic N) is 4. The van der Waals surface area contributed by atoms with Gasteiger partial charge in [0.1, 0.15) is 0 Å². The van der Waals surface area contributed by atoms with Gasteiger partial charge in [0.15, 0.2) is 0 Å². The van der Waals surface area contributed by atoms with Crippen LogP contribution in [0.5, 0.6) is 0 Å². The van der Waals surface area contributed by atoms with Gasteiger partial charge in [-0.3, -0.25) is 4.98 Å². The van der Waals surface area contributed by atoms with Gasteiger partial charge in [-0.25, -0.2) is 0 Å². The fraction of sp³-hybridized carbons (Fsp3) is 0.0769. The summed E-state index contributed by atoms with van der Waals surface area (Å²) in [4.78, 5) is 4.45. The van der Waals surface area contributed by atoms with E-state index in [-0.39, 0.29) is 28.8 Å². The van der Waals surface area contributed by atoms with Crippen molar-refractivity contribution >= 4 is 43.6 Å². The van der Waals surface area contributed by atoms with Crippen LogP contribution in [0.3, 0.4) is 0 Å². The van der Waals surface area contributed by atoms with Crippen molar-refractivity contribution in [3.63, 3.8) is 0 Å². The minimum atomic E-state index is -5.13. The number of hydrogen-bond acceptors (Lipinski definition) is 2. The standard InChI is InChI=1S/C52H26F12N4/c53-49(54,55)31-12-14-33(41(24-31)51(59,60)61)29-10-17-46-38(22-29)35-5-1-3-7-43(35)67(46)45-16-9-28(26-65)21-37(45)40-27-66-20-19-48(40)68-44-8-4-2-6-36(44)39-23-30(11-18-47(39)68)34-15-13-32(50(56,57)58)25-42(34)52(62,63)64/h1-25,27H. The summed E-state index contributed by atoms with van der Waals surface area (Å²) in [7, 11) is 0. The van der Waals surface area contributed by atoms with Crippen molar-refractivity contribution in [2.24, 2.45) is 0 Å². The largest absolute Gasteiger partial charge is 0.417 e. The summed E-state index contributed by atoms with van der Waals surface area (Å²) in [6.07, 6.45) is -17.2. The minimum Gasteiger partial charge on any atom is -0.309 e. The van der Waals surface area contributed by atoms with Crippen molar-refractivity contribution in [2.75, 3.05) is 0 Å². The highest BCUT2D eigenvalue weighted by atomic mass is 19.4. The molecule has 338 valence electrons. The minimum absolute atomic E-state index is 0.0125. The van der Waals surface area contributed by atoms with Crippen molar-refractivity contribution in [3.8, 4) is 50.8 Å². The molecule has 0 N–H and O–H groups in total. The lowest BCUT2D eigenvalue weighted by molar-refractivity contribution is -0.144. The number of alkyl halides is 12. The van der Waals surface area contributed by atoms with Gasteiger partial charge in [-0.2, -0.15) is 57.9 Å². The molecule has 0 bridgehead atoms. The average Bonchev–Trinajstić information content (AvgIpc) is 3.82. The van der Waals surface area contributed by atoms with Crippen LogP contribution < -0.4 is 0 Å². The van der Waals surface area contributed by atoms with Gasteiger partial charge in [0.25, 0.3) is 0 Å². The average molecular weight is 935 g/mol. The highest BCUT2D eigenvalue weighted by Gasteiger charge is 2.40. The van der Waals surface area contributed by atoms with E-state index in [1.807, 2.05) is 9.13 Å². The lowest BCUT2D eigenvalue weighted by atomic mass is 9.95. The quantitative estimate of drug-likeness (QED) is 0.161. The van der Waals surface area contributed by atoms with Crippen LogP contribution >= 0.6 is 0 Å². The molecule has 0 saturated carbocycles. The summed E-state index contributed by atoms with van der Waals surface area (Å²) < 4.78 is 172. The van der Waals surface area contributed by atoms with Crippen LogP contribution in [0.25, 0.3) is 88.4 Å². The molecule has 0 fully saturated rings. The van der Waals surface area contributed by atoms with Gasteiger partial charge in [-0.05, 0) is 107 Å². The van der Waals surface area contributed by atoms with Crippen LogP contribution in [0.4, 0.5) is 52.7 Å². The second-order valence-corrected chi connectivity index (χ2v) is 15.9. The van der Waals surface area contributed by atoms with Crippen LogP contribution in [-0.2, 0) is 24.7 Å². The number of halogens is 12. The maximum Gasteiger partial charge on any atom is 0.417 e. The number of rotatable bonds is 5. The molecule has 3 heterocycles. The van der Waals surface area contributed by atoms with Crippen molar-refractivity contribution < 1.29 is 52.7 Å². The molecule has 0 aliphatic carbocycles. The summed E-state index contributed by atoms with van der Waals surface area (Å²) >= 11 is 0. The number of pyridine rings is 1. The van der Waals surface area contributed by atoms with E-state index in [2.05, 4.69) is 11.1 Å². The number of hydrogen-bond donors (Lipinski definition) is 0. The topological polar surface area (TPSA) is 46.5 Å². The predicted molar refractivity (Wildman–Crippen MR) is 234 cm³/mol. The summed E-state index contributed by atoms with van der Waals surface area (Å²) in [5, 5.41) is 12.3. The van der Waals surface area contributed by atoms with E-state index in [4.69, 9.17) is 0 Å². The zero-order valence-corrected chi connectivity index (χ0v) is 34.3. The van der Waals surface area contributed by atoms with E-state index in [1.54, 1.807) is 91.1 Å². The summed E-state index contributed by atoms with van der Waals surface area (Å²) in [6, 6.07) is 34.7. The Kier molecular flexibility index (Phi) is 9.99. The van der Waals surface area contributed by atoms with Gasteiger partial charge in [-0.15, -0.1) is 0 Å². The van der Waals surface area contributed by atoms with Crippen molar-refractivity contribution in [3.05, 3.63) is 186 Å². The fourth-order valence-electron chi connectivity index (χ4n) is 9.02. The molecule has 10 rings (SSSR count). The van der Waals surface area contributed by atoms with E-state index < -0.39 is 58.1 Å². The third kappa shape index (κ3) is 7.34. The van der Waals surface area contributed by atoms with Crippen molar-refractivity contribution in [2.45, 2.75) is 24.7 Å². The third-order valence-electron chi connectivity index (χ3n) is 12.0. The molecule has 0 saturated heterocycles. The molecule has 0 unspecified atom stereocenters. The van der Waals surface area contributed by atoms with Gasteiger partial charge in [0.05, 0.1) is 67.3 Å². The van der Waals surface area contributed by atoms with Crippen LogP contribution in [0, 0.1) is 11.3 Å². The van der Waals surface area contributed by atoms with Gasteiger partial charge in [0.2, 0.25) is 0 Å². The van der Waals surface area contributed by atoms with E-state index in [0.29, 0.717) is 78.2 Å². The number of aromatic nitrogens is 3. The van der Waals surface area contributed by atoms with Crippen LogP contribution in [0.15, 0.2) is 158 Å². The monoisotopic (exact) mass is 934 g/mol. The highest BCUT2D eigenvalue weighted by Crippen LogP contribution is 2.46. The number of benzene rings is 7. The Labute approximate surface area is 376 Å². The first kappa shape index (κ1) is 43.8. The van der Waals surface area contributed by atoms with Gasteiger partial charge in [0, 0.05) is 45.1 Å². The zero-order valence-electron chi connectivity index (χ0n) is 34.3. The second kappa shape index (κ2) is 15.5. The molecular formula is C52H26F12N4. The summed E-state index contributed by atoms with van der Waals surface area (Å²) in [5.74, 6) is 0. The Morgan fingerprint density at radius 1 is 0.397 bits per heavy atom. The maximum atomic E-state index is 14.4. The highest BCUT2D eigenvalue weighted by molar-refractivity contribution is 6.13. The smallest absolute Gasteiger partial charge is 0.309 e. The Balaban J connectivity index is 1.18. The number of nitriles is 1. The zero-order chi connectivity index (χ0) is 48.1. The number of fused-ring (bicyclic) bond motifs is 6. The number of para-hydroxylation sites is 2. The lowest BCUT2D eigenvalue weighted by Crippen LogP contribution is -2.12. The summed E-state index contributed by atoms with van der Waals surface area (Å²) in [5.41, 5.74) is -2.32. The van der Waals surface area contributed by atoms with Crippen LogP contribution in [0.2, 0.25) is 0 Å². The van der Waals surface area contributed by atoms with Crippen LogP contribution in [-0.4, -0.2) is 14.1 Å². The van der Waals surface area contributed by atoms with E-state index >= 15 is 0 Å². The van der Waals surface area contributed by atoms with Crippen molar-refractivity contribution in [1.82, 2.24) is 14.1 Å². The Bertz CT molecular complexity index is 3710. The first-order valence-electron chi connectivity index (χ1n) is 20.4. The first-order chi connectivity index (χ1) is 32.2.